The SMILES string of the molecule is C=CCOC(=O)NCC1CCCC1C(=O)O. The molecule has 5 heteroatoms. The number of hydrogen-bond acceptors (Lipinski definition) is 3. The molecule has 0 heterocycles. The van der Waals surface area contributed by atoms with Gasteiger partial charge in [-0.3, -0.25) is 4.79 Å². The fraction of sp³-hybridized carbons (Fsp3) is 0.636. The fourth-order valence-corrected chi connectivity index (χ4v) is 2.01. The summed E-state index contributed by atoms with van der Waals surface area (Å²) in [4.78, 5) is 22.0. The first kappa shape index (κ1) is 12.5. The Morgan fingerprint density at radius 1 is 1.50 bits per heavy atom. The molecule has 2 atom stereocenters. The predicted octanol–water partition coefficient (Wildman–Crippen LogP) is 1.40. The Kier molecular flexibility index (Phi) is 4.82. The first-order valence-electron chi connectivity index (χ1n) is 5.39. The van der Waals surface area contributed by atoms with E-state index in [0.29, 0.717) is 13.0 Å². The van der Waals surface area contributed by atoms with Crippen LogP contribution in [-0.2, 0) is 9.53 Å². The molecule has 0 spiro atoms. The van der Waals surface area contributed by atoms with Gasteiger partial charge < -0.3 is 15.2 Å². The number of aliphatic carboxylic acids is 1. The highest BCUT2D eigenvalue weighted by molar-refractivity contribution is 5.71. The van der Waals surface area contributed by atoms with E-state index in [0.717, 1.165) is 12.8 Å². The maximum absolute atomic E-state index is 11.1. The molecule has 0 aromatic rings. The summed E-state index contributed by atoms with van der Waals surface area (Å²) in [5.74, 6) is -1.09. The number of amides is 1. The Balaban J connectivity index is 2.28. The van der Waals surface area contributed by atoms with Crippen molar-refractivity contribution in [2.45, 2.75) is 19.3 Å². The van der Waals surface area contributed by atoms with Crippen LogP contribution in [0.2, 0.25) is 0 Å². The summed E-state index contributed by atoms with van der Waals surface area (Å²) in [6.07, 6.45) is 3.42. The number of ether oxygens (including phenoxy) is 1. The van der Waals surface area contributed by atoms with Crippen molar-refractivity contribution in [2.75, 3.05) is 13.2 Å². The number of hydrogen-bond donors (Lipinski definition) is 2. The number of carboxylic acids is 1. The van der Waals surface area contributed by atoms with E-state index in [4.69, 9.17) is 9.84 Å². The predicted molar refractivity (Wildman–Crippen MR) is 58.0 cm³/mol. The lowest BCUT2D eigenvalue weighted by atomic mass is 9.96. The van der Waals surface area contributed by atoms with Gasteiger partial charge in [-0.1, -0.05) is 19.1 Å². The summed E-state index contributed by atoms with van der Waals surface area (Å²) in [6, 6.07) is 0. The lowest BCUT2D eigenvalue weighted by molar-refractivity contribution is -0.142. The molecule has 1 aliphatic carbocycles. The minimum absolute atomic E-state index is 0.0220. The highest BCUT2D eigenvalue weighted by Gasteiger charge is 2.32. The molecule has 1 amide bonds. The summed E-state index contributed by atoms with van der Waals surface area (Å²) in [5, 5.41) is 11.5. The van der Waals surface area contributed by atoms with Gasteiger partial charge in [-0.25, -0.2) is 4.79 Å². The molecule has 0 bridgehead atoms. The van der Waals surface area contributed by atoms with Gasteiger partial charge in [-0.15, -0.1) is 0 Å². The summed E-state index contributed by atoms with van der Waals surface area (Å²) in [5.41, 5.74) is 0. The van der Waals surface area contributed by atoms with E-state index in [1.807, 2.05) is 0 Å². The van der Waals surface area contributed by atoms with Gasteiger partial charge in [0.05, 0.1) is 5.92 Å². The van der Waals surface area contributed by atoms with Gasteiger partial charge >= 0.3 is 12.1 Å². The van der Waals surface area contributed by atoms with Crippen molar-refractivity contribution >= 4 is 12.1 Å². The number of alkyl carbamates (subject to hydrolysis) is 1. The third kappa shape index (κ3) is 3.56. The fourth-order valence-electron chi connectivity index (χ4n) is 2.01. The number of carbonyl (C=O) groups excluding carboxylic acids is 1. The van der Waals surface area contributed by atoms with E-state index in [9.17, 15) is 9.59 Å². The number of carbonyl (C=O) groups is 2. The standard InChI is InChI=1S/C11H17NO4/c1-2-6-16-11(15)12-7-8-4-3-5-9(8)10(13)14/h2,8-9H,1,3-7H2,(H,12,15)(H,13,14). The van der Waals surface area contributed by atoms with Gasteiger partial charge in [0.1, 0.15) is 6.61 Å². The van der Waals surface area contributed by atoms with Crippen molar-refractivity contribution in [2.24, 2.45) is 11.8 Å². The Labute approximate surface area is 94.5 Å². The Hall–Kier alpha value is -1.52. The average Bonchev–Trinajstić information content (AvgIpc) is 2.71. The highest BCUT2D eigenvalue weighted by atomic mass is 16.5. The second-order valence-electron chi connectivity index (χ2n) is 3.90. The normalized spacial score (nSPS) is 23.8. The van der Waals surface area contributed by atoms with Crippen LogP contribution in [0.3, 0.4) is 0 Å². The number of carboxylic acid groups (broad SMARTS) is 1. The zero-order chi connectivity index (χ0) is 12.0. The molecule has 0 saturated heterocycles. The van der Waals surface area contributed by atoms with E-state index in [1.165, 1.54) is 6.08 Å². The average molecular weight is 227 g/mol. The molecule has 16 heavy (non-hydrogen) atoms. The van der Waals surface area contributed by atoms with E-state index < -0.39 is 12.1 Å². The number of rotatable bonds is 5. The summed E-state index contributed by atoms with van der Waals surface area (Å²) >= 11 is 0. The summed E-state index contributed by atoms with van der Waals surface area (Å²) in [7, 11) is 0. The maximum Gasteiger partial charge on any atom is 0.407 e. The molecular weight excluding hydrogens is 210 g/mol. The molecule has 5 nitrogen and oxygen atoms in total. The third-order valence-corrected chi connectivity index (χ3v) is 2.82. The Bertz CT molecular complexity index is 277. The van der Waals surface area contributed by atoms with Gasteiger partial charge in [-0.05, 0) is 18.8 Å². The van der Waals surface area contributed by atoms with Crippen LogP contribution in [0.25, 0.3) is 0 Å². The van der Waals surface area contributed by atoms with Gasteiger partial charge in [0, 0.05) is 6.54 Å². The summed E-state index contributed by atoms with van der Waals surface area (Å²) in [6.45, 7) is 3.96. The van der Waals surface area contributed by atoms with Crippen LogP contribution in [0.4, 0.5) is 4.79 Å². The number of nitrogens with one attached hydrogen (secondary N) is 1. The molecule has 0 radical (unpaired) electrons. The first-order valence-corrected chi connectivity index (χ1v) is 5.39. The van der Waals surface area contributed by atoms with E-state index in [2.05, 4.69) is 11.9 Å². The molecule has 0 aromatic carbocycles. The van der Waals surface area contributed by atoms with Crippen molar-refractivity contribution in [3.8, 4) is 0 Å². The first-order chi connectivity index (χ1) is 7.65. The molecule has 90 valence electrons. The molecule has 1 saturated carbocycles. The van der Waals surface area contributed by atoms with Gasteiger partial charge in [0.25, 0.3) is 0 Å². The van der Waals surface area contributed by atoms with Crippen LogP contribution in [0, 0.1) is 11.8 Å². The maximum atomic E-state index is 11.1. The van der Waals surface area contributed by atoms with Crippen LogP contribution < -0.4 is 5.32 Å². The molecule has 1 fully saturated rings. The van der Waals surface area contributed by atoms with Crippen molar-refractivity contribution in [1.82, 2.24) is 5.32 Å². The third-order valence-electron chi connectivity index (χ3n) is 2.82. The van der Waals surface area contributed by atoms with Gasteiger partial charge in [-0.2, -0.15) is 0 Å². The minimum atomic E-state index is -0.774. The highest BCUT2D eigenvalue weighted by Crippen LogP contribution is 2.31. The van der Waals surface area contributed by atoms with E-state index >= 15 is 0 Å². The zero-order valence-corrected chi connectivity index (χ0v) is 9.15. The molecular formula is C11H17NO4. The van der Waals surface area contributed by atoms with Gasteiger partial charge in [0.2, 0.25) is 0 Å². The second-order valence-corrected chi connectivity index (χ2v) is 3.90. The van der Waals surface area contributed by atoms with Crippen LogP contribution in [0.15, 0.2) is 12.7 Å². The van der Waals surface area contributed by atoms with E-state index in [1.54, 1.807) is 0 Å². The lowest BCUT2D eigenvalue weighted by Gasteiger charge is -2.15. The molecule has 1 rings (SSSR count). The monoisotopic (exact) mass is 227 g/mol. The van der Waals surface area contributed by atoms with Crippen molar-refractivity contribution in [1.29, 1.82) is 0 Å². The summed E-state index contributed by atoms with van der Waals surface area (Å²) < 4.78 is 4.73. The molecule has 2 N–H and O–H groups in total. The molecule has 2 unspecified atom stereocenters. The minimum Gasteiger partial charge on any atom is -0.481 e. The largest absolute Gasteiger partial charge is 0.481 e. The molecule has 0 aliphatic heterocycles. The van der Waals surface area contributed by atoms with Crippen molar-refractivity contribution in [3.63, 3.8) is 0 Å². The van der Waals surface area contributed by atoms with Gasteiger partial charge in [0.15, 0.2) is 0 Å². The Morgan fingerprint density at radius 3 is 2.88 bits per heavy atom. The molecule has 1 aliphatic rings. The van der Waals surface area contributed by atoms with Crippen LogP contribution in [0.1, 0.15) is 19.3 Å². The second kappa shape index (κ2) is 6.15. The molecule has 0 aromatic heterocycles. The van der Waals surface area contributed by atoms with Crippen LogP contribution >= 0.6 is 0 Å². The van der Waals surface area contributed by atoms with E-state index in [-0.39, 0.29) is 18.4 Å². The quantitative estimate of drug-likeness (QED) is 0.696. The lowest BCUT2D eigenvalue weighted by Crippen LogP contribution is -2.33. The topological polar surface area (TPSA) is 75.6 Å². The zero-order valence-electron chi connectivity index (χ0n) is 9.15. The van der Waals surface area contributed by atoms with Crippen LogP contribution in [0.5, 0.6) is 0 Å². The van der Waals surface area contributed by atoms with Crippen molar-refractivity contribution in [3.05, 3.63) is 12.7 Å². The smallest absolute Gasteiger partial charge is 0.407 e. The van der Waals surface area contributed by atoms with Crippen molar-refractivity contribution < 1.29 is 19.4 Å². The van der Waals surface area contributed by atoms with Crippen LogP contribution in [-0.4, -0.2) is 30.3 Å². The Morgan fingerprint density at radius 2 is 2.25 bits per heavy atom.